The molecule has 1 aliphatic rings. The molecular weight excluding hydrogens is 463 g/mol. The summed E-state index contributed by atoms with van der Waals surface area (Å²) in [7, 11) is 0. The summed E-state index contributed by atoms with van der Waals surface area (Å²) in [5, 5.41) is 10.1. The molecule has 0 amide bonds. The van der Waals surface area contributed by atoms with Gasteiger partial charge in [-0.15, -0.1) is 11.3 Å². The van der Waals surface area contributed by atoms with E-state index in [2.05, 4.69) is 44.9 Å². The molecule has 1 aliphatic heterocycles. The first-order valence-electron chi connectivity index (χ1n) is 10.6. The maximum Gasteiger partial charge on any atom is 0.171 e. The van der Waals surface area contributed by atoms with E-state index in [0.29, 0.717) is 10.1 Å². The molecule has 4 rings (SSSR count). The van der Waals surface area contributed by atoms with Crippen LogP contribution in [0.15, 0.2) is 66.0 Å². The van der Waals surface area contributed by atoms with Crippen molar-refractivity contribution in [2.75, 3.05) is 36.4 Å². The Balaban J connectivity index is 1.41. The summed E-state index contributed by atoms with van der Waals surface area (Å²) in [5.74, 6) is -0.201. The van der Waals surface area contributed by atoms with Crippen molar-refractivity contribution < 1.29 is 4.39 Å². The van der Waals surface area contributed by atoms with Crippen LogP contribution in [0, 0.1) is 5.82 Å². The molecule has 0 bridgehead atoms. The average molecular weight is 489 g/mol. The van der Waals surface area contributed by atoms with E-state index < -0.39 is 0 Å². The summed E-state index contributed by atoms with van der Waals surface area (Å²) >= 11 is 13.4. The minimum absolute atomic E-state index is 0.102. The standard InChI is InChI=1S/C24H26ClFN4S2/c1-17(27-24(31)28-20-5-2-4-18(25)16-20)23(22-6-3-15-32-22)30-13-11-29(12-14-30)21-9-7-19(26)8-10-21/h2-10,15-17,23H,11-14H2,1H3,(H2,27,28,31). The Morgan fingerprint density at radius 3 is 2.47 bits per heavy atom. The number of piperazine rings is 1. The lowest BCUT2D eigenvalue weighted by atomic mass is 10.0. The Bertz CT molecular complexity index is 1020. The van der Waals surface area contributed by atoms with Crippen molar-refractivity contribution in [3.8, 4) is 0 Å². The van der Waals surface area contributed by atoms with Crippen molar-refractivity contribution >= 4 is 51.6 Å². The van der Waals surface area contributed by atoms with Gasteiger partial charge in [-0.05, 0) is 73.1 Å². The molecule has 0 saturated carbocycles. The minimum atomic E-state index is -0.201. The lowest BCUT2D eigenvalue weighted by Crippen LogP contribution is -2.52. The number of nitrogens with one attached hydrogen (secondary N) is 2. The van der Waals surface area contributed by atoms with E-state index >= 15 is 0 Å². The second-order valence-electron chi connectivity index (χ2n) is 7.86. The third-order valence-corrected chi connectivity index (χ3v) is 7.05. The van der Waals surface area contributed by atoms with Gasteiger partial charge in [0.15, 0.2) is 5.11 Å². The van der Waals surface area contributed by atoms with Gasteiger partial charge in [-0.1, -0.05) is 23.7 Å². The van der Waals surface area contributed by atoms with Crippen LogP contribution in [0.3, 0.4) is 0 Å². The van der Waals surface area contributed by atoms with Gasteiger partial charge in [-0.2, -0.15) is 0 Å². The summed E-state index contributed by atoms with van der Waals surface area (Å²) in [6.07, 6.45) is 0. The quantitative estimate of drug-likeness (QED) is 0.429. The largest absolute Gasteiger partial charge is 0.369 e. The smallest absolute Gasteiger partial charge is 0.171 e. The second-order valence-corrected chi connectivity index (χ2v) is 9.68. The lowest BCUT2D eigenvalue weighted by Gasteiger charge is -2.42. The molecule has 8 heteroatoms. The van der Waals surface area contributed by atoms with Crippen molar-refractivity contribution in [2.45, 2.75) is 19.0 Å². The van der Waals surface area contributed by atoms with E-state index in [1.165, 1.54) is 17.0 Å². The molecule has 3 aromatic rings. The van der Waals surface area contributed by atoms with Crippen LogP contribution < -0.4 is 15.5 Å². The normalized spacial score (nSPS) is 16.4. The van der Waals surface area contributed by atoms with Crippen molar-refractivity contribution in [3.05, 3.63) is 81.8 Å². The average Bonchev–Trinajstić information content (AvgIpc) is 3.29. The molecule has 2 aromatic carbocycles. The molecule has 0 aliphatic carbocycles. The van der Waals surface area contributed by atoms with Gasteiger partial charge < -0.3 is 15.5 Å². The summed E-state index contributed by atoms with van der Waals surface area (Å²) < 4.78 is 13.3. The molecule has 2 heterocycles. The monoisotopic (exact) mass is 488 g/mol. The van der Waals surface area contributed by atoms with Crippen LogP contribution in [0.2, 0.25) is 5.02 Å². The van der Waals surface area contributed by atoms with E-state index in [1.54, 1.807) is 11.3 Å². The van der Waals surface area contributed by atoms with Gasteiger partial charge in [0.25, 0.3) is 0 Å². The lowest BCUT2D eigenvalue weighted by molar-refractivity contribution is 0.163. The summed E-state index contributed by atoms with van der Waals surface area (Å²) in [6, 6.07) is 18.9. The summed E-state index contributed by atoms with van der Waals surface area (Å²) in [4.78, 5) is 6.13. The number of halogens is 2. The first-order valence-corrected chi connectivity index (χ1v) is 12.3. The van der Waals surface area contributed by atoms with E-state index in [1.807, 2.05) is 36.4 Å². The number of thiocarbonyl (C=S) groups is 1. The van der Waals surface area contributed by atoms with Crippen LogP contribution in [0.4, 0.5) is 15.8 Å². The minimum Gasteiger partial charge on any atom is -0.369 e. The van der Waals surface area contributed by atoms with Crippen molar-refractivity contribution in [2.24, 2.45) is 0 Å². The molecular formula is C24H26ClFN4S2. The third-order valence-electron chi connectivity index (χ3n) is 5.65. The van der Waals surface area contributed by atoms with E-state index in [9.17, 15) is 4.39 Å². The number of anilines is 2. The molecule has 0 radical (unpaired) electrons. The zero-order valence-corrected chi connectivity index (χ0v) is 20.2. The maximum absolute atomic E-state index is 13.3. The molecule has 1 saturated heterocycles. The molecule has 32 heavy (non-hydrogen) atoms. The topological polar surface area (TPSA) is 30.5 Å². The summed E-state index contributed by atoms with van der Waals surface area (Å²) in [6.45, 7) is 5.79. The second kappa shape index (κ2) is 10.6. The van der Waals surface area contributed by atoms with Crippen LogP contribution in [-0.4, -0.2) is 42.2 Å². The maximum atomic E-state index is 13.3. The van der Waals surface area contributed by atoms with Gasteiger partial charge in [-0.3, -0.25) is 4.90 Å². The Morgan fingerprint density at radius 1 is 1.06 bits per heavy atom. The predicted octanol–water partition coefficient (Wildman–Crippen LogP) is 5.78. The van der Waals surface area contributed by atoms with Gasteiger partial charge >= 0.3 is 0 Å². The third kappa shape index (κ3) is 5.78. The van der Waals surface area contributed by atoms with Gasteiger partial charge in [0.05, 0.1) is 6.04 Å². The first-order chi connectivity index (χ1) is 15.5. The Labute approximate surface area is 203 Å². The first kappa shape index (κ1) is 23.0. The summed E-state index contributed by atoms with van der Waals surface area (Å²) in [5.41, 5.74) is 1.93. The fraction of sp³-hybridized carbons (Fsp3) is 0.292. The van der Waals surface area contributed by atoms with Crippen LogP contribution in [0.1, 0.15) is 17.8 Å². The number of nitrogens with zero attached hydrogens (tertiary/aromatic N) is 2. The van der Waals surface area contributed by atoms with Crippen molar-refractivity contribution in [1.29, 1.82) is 0 Å². The molecule has 2 N–H and O–H groups in total. The zero-order valence-electron chi connectivity index (χ0n) is 17.8. The number of hydrogen-bond acceptors (Lipinski definition) is 4. The Kier molecular flexibility index (Phi) is 7.63. The fourth-order valence-corrected chi connectivity index (χ4v) is 5.59. The van der Waals surface area contributed by atoms with Gasteiger partial charge in [-0.25, -0.2) is 4.39 Å². The molecule has 2 unspecified atom stereocenters. The highest BCUT2D eigenvalue weighted by molar-refractivity contribution is 7.80. The molecule has 2 atom stereocenters. The van der Waals surface area contributed by atoms with Gasteiger partial charge in [0, 0.05) is 53.5 Å². The highest BCUT2D eigenvalue weighted by Gasteiger charge is 2.30. The van der Waals surface area contributed by atoms with Crippen molar-refractivity contribution in [1.82, 2.24) is 10.2 Å². The molecule has 4 nitrogen and oxygen atoms in total. The molecule has 1 fully saturated rings. The predicted molar refractivity (Wildman–Crippen MR) is 138 cm³/mol. The number of thiophene rings is 1. The Morgan fingerprint density at radius 2 is 1.81 bits per heavy atom. The highest BCUT2D eigenvalue weighted by Crippen LogP contribution is 2.30. The number of rotatable bonds is 6. The zero-order chi connectivity index (χ0) is 22.5. The Hall–Kier alpha value is -2.19. The van der Waals surface area contributed by atoms with Crippen LogP contribution in [0.25, 0.3) is 0 Å². The van der Waals surface area contributed by atoms with E-state index in [0.717, 1.165) is 37.6 Å². The molecule has 0 spiro atoms. The van der Waals surface area contributed by atoms with Gasteiger partial charge in [0.1, 0.15) is 5.82 Å². The van der Waals surface area contributed by atoms with E-state index in [4.69, 9.17) is 23.8 Å². The molecule has 1 aromatic heterocycles. The van der Waals surface area contributed by atoms with E-state index in [-0.39, 0.29) is 17.9 Å². The highest BCUT2D eigenvalue weighted by atomic mass is 35.5. The fourth-order valence-electron chi connectivity index (χ4n) is 4.13. The SMILES string of the molecule is CC(NC(=S)Nc1cccc(Cl)c1)C(c1cccs1)N1CCN(c2ccc(F)cc2)CC1. The number of benzene rings is 2. The van der Waals surface area contributed by atoms with Crippen LogP contribution in [-0.2, 0) is 0 Å². The van der Waals surface area contributed by atoms with Gasteiger partial charge in [0.2, 0.25) is 0 Å². The van der Waals surface area contributed by atoms with Crippen LogP contribution >= 0.6 is 35.2 Å². The molecule has 168 valence electrons. The number of hydrogen-bond donors (Lipinski definition) is 2. The van der Waals surface area contributed by atoms with Crippen molar-refractivity contribution in [3.63, 3.8) is 0 Å². The van der Waals surface area contributed by atoms with Crippen LogP contribution in [0.5, 0.6) is 0 Å².